The molecule has 1 unspecified atom stereocenters. The summed E-state index contributed by atoms with van der Waals surface area (Å²) in [6, 6.07) is 5.06. The molecule has 0 fully saturated rings. The number of rotatable bonds is 4. The molecule has 3 aromatic carbocycles. The average Bonchev–Trinajstić information content (AvgIpc) is 3.42. The third-order valence-corrected chi connectivity index (χ3v) is 8.04. The molecule has 2 atom stereocenters. The molecule has 6 rings (SSSR count). The molecular formula is C29H21ClF5N5O3. The Morgan fingerprint density at radius 2 is 1.86 bits per heavy atom. The van der Waals surface area contributed by atoms with E-state index in [9.17, 15) is 36.3 Å². The van der Waals surface area contributed by atoms with Gasteiger partial charge >= 0.3 is 6.18 Å². The molecule has 0 spiro atoms. The van der Waals surface area contributed by atoms with Crippen LogP contribution in [0.5, 0.6) is 0 Å². The molecule has 3 aliphatic rings. The number of carbonyl (C=O) groups excluding carboxylic acids is 3. The Bertz CT molecular complexity index is 1780. The summed E-state index contributed by atoms with van der Waals surface area (Å²) in [7, 11) is 1.61. The fraction of sp³-hybridized carbons (Fsp3) is 0.241. The zero-order valence-electron chi connectivity index (χ0n) is 22.4. The van der Waals surface area contributed by atoms with Gasteiger partial charge < -0.3 is 20.4 Å². The minimum absolute atomic E-state index is 0.0124. The lowest BCUT2D eigenvalue weighted by atomic mass is 9.93. The Morgan fingerprint density at radius 3 is 2.56 bits per heavy atom. The van der Waals surface area contributed by atoms with Crippen LogP contribution < -0.4 is 20.4 Å². The number of nitrogens with zero attached hydrogens (tertiary/aromatic N) is 3. The molecule has 3 heterocycles. The van der Waals surface area contributed by atoms with Crippen LogP contribution in [0.25, 0.3) is 0 Å². The van der Waals surface area contributed by atoms with E-state index in [0.717, 1.165) is 12.1 Å². The molecule has 3 aliphatic heterocycles. The van der Waals surface area contributed by atoms with Crippen molar-refractivity contribution in [1.29, 1.82) is 0 Å². The van der Waals surface area contributed by atoms with Gasteiger partial charge in [0, 0.05) is 46.9 Å². The van der Waals surface area contributed by atoms with Gasteiger partial charge in [0.2, 0.25) is 5.96 Å². The zero-order valence-corrected chi connectivity index (χ0v) is 23.2. The van der Waals surface area contributed by atoms with Crippen LogP contribution in [0.3, 0.4) is 0 Å². The summed E-state index contributed by atoms with van der Waals surface area (Å²) in [4.78, 5) is 46.9. The van der Waals surface area contributed by atoms with E-state index in [1.807, 2.05) is 6.92 Å². The van der Waals surface area contributed by atoms with Gasteiger partial charge in [0.05, 0.1) is 28.5 Å². The second kappa shape index (κ2) is 10.0. The lowest BCUT2D eigenvalue weighted by Gasteiger charge is -2.32. The van der Waals surface area contributed by atoms with E-state index in [0.29, 0.717) is 29.9 Å². The standard InChI is InChI=1S/C29H21ClF5N5O3/c1-3-16-10-21(41)37-28-39(2)25-20(40(16)28)11-19(36-26(42)12-6-13(29(33,34)35)8-15(32)7-12)22-23(25)27(43)38-24(22)17-9-14(31)4-5-18(17)30/h4-9,11,16,24H,3,10H2,1-2H3,(H,36,42)(H,38,43)/t16-,24?/m1/s1. The normalized spacial score (nSPS) is 19.1. The number of benzene rings is 3. The number of fused-ring (bicyclic) bond motifs is 5. The van der Waals surface area contributed by atoms with Gasteiger partial charge in [-0.25, -0.2) is 8.78 Å². The Hall–Kier alpha value is -4.52. The second-order valence-electron chi connectivity index (χ2n) is 10.3. The van der Waals surface area contributed by atoms with Gasteiger partial charge in [-0.3, -0.25) is 14.4 Å². The Balaban J connectivity index is 1.56. The molecule has 0 saturated heterocycles. The predicted molar refractivity (Wildman–Crippen MR) is 149 cm³/mol. The van der Waals surface area contributed by atoms with E-state index in [-0.39, 0.29) is 57.8 Å². The quantitative estimate of drug-likeness (QED) is 0.348. The summed E-state index contributed by atoms with van der Waals surface area (Å²) in [5.74, 6) is -3.72. The van der Waals surface area contributed by atoms with Crippen LogP contribution in [0.2, 0.25) is 5.02 Å². The van der Waals surface area contributed by atoms with E-state index in [4.69, 9.17) is 11.6 Å². The molecule has 14 heteroatoms. The van der Waals surface area contributed by atoms with E-state index in [1.165, 1.54) is 12.1 Å². The van der Waals surface area contributed by atoms with Gasteiger partial charge in [0.25, 0.3) is 17.7 Å². The number of alkyl halides is 3. The first kappa shape index (κ1) is 28.6. The fourth-order valence-corrected chi connectivity index (χ4v) is 6.01. The molecule has 43 heavy (non-hydrogen) atoms. The highest BCUT2D eigenvalue weighted by Gasteiger charge is 2.46. The maximum atomic E-state index is 14.3. The van der Waals surface area contributed by atoms with Crippen molar-refractivity contribution in [3.05, 3.63) is 86.9 Å². The first-order valence-electron chi connectivity index (χ1n) is 13.1. The number of anilines is 3. The van der Waals surface area contributed by atoms with Crippen LogP contribution in [0.15, 0.2) is 47.5 Å². The van der Waals surface area contributed by atoms with Crippen molar-refractivity contribution in [3.63, 3.8) is 0 Å². The van der Waals surface area contributed by atoms with Gasteiger partial charge in [-0.05, 0) is 48.9 Å². The largest absolute Gasteiger partial charge is 0.416 e. The van der Waals surface area contributed by atoms with Crippen LogP contribution >= 0.6 is 11.6 Å². The van der Waals surface area contributed by atoms with Crippen LogP contribution in [0, 0.1) is 11.6 Å². The van der Waals surface area contributed by atoms with E-state index in [1.54, 1.807) is 16.8 Å². The summed E-state index contributed by atoms with van der Waals surface area (Å²) in [6.07, 6.45) is -4.31. The lowest BCUT2D eigenvalue weighted by Crippen LogP contribution is -2.47. The number of guanidine groups is 1. The first-order valence-corrected chi connectivity index (χ1v) is 13.5. The zero-order chi connectivity index (χ0) is 31.0. The van der Waals surface area contributed by atoms with Gasteiger partial charge in [-0.15, -0.1) is 0 Å². The highest BCUT2D eigenvalue weighted by Crippen LogP contribution is 2.51. The number of amides is 3. The maximum Gasteiger partial charge on any atom is 0.416 e. The Morgan fingerprint density at radius 1 is 1.12 bits per heavy atom. The van der Waals surface area contributed by atoms with E-state index >= 15 is 0 Å². The summed E-state index contributed by atoms with van der Waals surface area (Å²) < 4.78 is 68.7. The van der Waals surface area contributed by atoms with Crippen molar-refractivity contribution in [2.75, 3.05) is 22.2 Å². The minimum atomic E-state index is -4.91. The molecule has 8 nitrogen and oxygen atoms in total. The van der Waals surface area contributed by atoms with Gasteiger partial charge in [-0.1, -0.05) is 18.5 Å². The smallest absolute Gasteiger partial charge is 0.341 e. The van der Waals surface area contributed by atoms with Crippen molar-refractivity contribution < 1.29 is 36.3 Å². The summed E-state index contributed by atoms with van der Waals surface area (Å²) in [5.41, 5.74) is -0.839. The third-order valence-electron chi connectivity index (χ3n) is 7.70. The molecule has 222 valence electrons. The monoisotopic (exact) mass is 617 g/mol. The van der Waals surface area contributed by atoms with Gasteiger partial charge in [0.1, 0.15) is 11.6 Å². The predicted octanol–water partition coefficient (Wildman–Crippen LogP) is 6.04. The maximum absolute atomic E-state index is 14.3. The number of aliphatic imine (C=N–C) groups is 1. The van der Waals surface area contributed by atoms with Crippen molar-refractivity contribution >= 4 is 52.3 Å². The third kappa shape index (κ3) is 4.67. The summed E-state index contributed by atoms with van der Waals surface area (Å²) in [6.45, 7) is 1.87. The fourth-order valence-electron chi connectivity index (χ4n) is 5.79. The summed E-state index contributed by atoms with van der Waals surface area (Å²) >= 11 is 6.39. The average molecular weight is 618 g/mol. The molecule has 0 saturated carbocycles. The van der Waals surface area contributed by atoms with E-state index < -0.39 is 46.8 Å². The van der Waals surface area contributed by atoms with Crippen molar-refractivity contribution in [1.82, 2.24) is 5.32 Å². The molecule has 0 radical (unpaired) electrons. The van der Waals surface area contributed by atoms with Crippen LogP contribution in [-0.2, 0) is 11.0 Å². The second-order valence-corrected chi connectivity index (χ2v) is 10.7. The van der Waals surface area contributed by atoms with Crippen LogP contribution in [-0.4, -0.2) is 36.8 Å². The van der Waals surface area contributed by atoms with Crippen molar-refractivity contribution in [2.24, 2.45) is 4.99 Å². The number of halogens is 6. The minimum Gasteiger partial charge on any atom is -0.341 e. The molecule has 3 aromatic rings. The molecule has 2 N–H and O–H groups in total. The highest BCUT2D eigenvalue weighted by molar-refractivity contribution is 6.31. The van der Waals surface area contributed by atoms with Crippen LogP contribution in [0.1, 0.15) is 63.2 Å². The topological polar surface area (TPSA) is 94.1 Å². The highest BCUT2D eigenvalue weighted by atomic mass is 35.5. The van der Waals surface area contributed by atoms with Gasteiger partial charge in [-0.2, -0.15) is 18.2 Å². The molecule has 0 aliphatic carbocycles. The molecular weight excluding hydrogens is 597 g/mol. The number of carbonyl (C=O) groups is 3. The molecule has 0 bridgehead atoms. The van der Waals surface area contributed by atoms with Crippen LogP contribution in [0.4, 0.5) is 39.0 Å². The number of nitrogens with one attached hydrogen (secondary N) is 2. The number of hydrogen-bond acceptors (Lipinski definition) is 5. The molecule has 3 amide bonds. The lowest BCUT2D eigenvalue weighted by molar-refractivity contribution is -0.137. The van der Waals surface area contributed by atoms with Crippen molar-refractivity contribution in [2.45, 2.75) is 38.0 Å². The Labute approximate surface area is 246 Å². The summed E-state index contributed by atoms with van der Waals surface area (Å²) in [5, 5.41) is 5.41. The Kier molecular flexibility index (Phi) is 6.68. The first-order chi connectivity index (χ1) is 20.3. The van der Waals surface area contributed by atoms with Crippen molar-refractivity contribution in [3.8, 4) is 0 Å². The van der Waals surface area contributed by atoms with Gasteiger partial charge in [0.15, 0.2) is 0 Å². The number of hydrogen-bond donors (Lipinski definition) is 2. The molecule has 0 aromatic heterocycles. The van der Waals surface area contributed by atoms with E-state index in [2.05, 4.69) is 15.6 Å². The SMILES string of the molecule is CC[C@@H]1CC(=O)N=C2N(C)c3c(cc(NC(=O)c4cc(F)cc(C(F)(F)F)c4)c4c3C(=O)NC4c3cc(F)ccc3Cl)N21.